The molecule has 1 N–H and O–H groups in total. The summed E-state index contributed by atoms with van der Waals surface area (Å²) in [6.07, 6.45) is 13.2. The lowest BCUT2D eigenvalue weighted by molar-refractivity contribution is -0.0626. The SMILES string of the molecule is CN(C1CCNCC1)C1CCC12CCCCC2. The molecule has 1 saturated heterocycles. The summed E-state index contributed by atoms with van der Waals surface area (Å²) in [6.45, 7) is 2.46. The summed E-state index contributed by atoms with van der Waals surface area (Å²) in [7, 11) is 2.41. The molecule has 0 bridgehead atoms. The lowest BCUT2D eigenvalue weighted by Gasteiger charge is -2.57. The first-order chi connectivity index (χ1) is 8.32. The molecule has 2 aliphatic carbocycles. The summed E-state index contributed by atoms with van der Waals surface area (Å²) >= 11 is 0. The Morgan fingerprint density at radius 1 is 0.941 bits per heavy atom. The Balaban J connectivity index is 1.62. The number of rotatable bonds is 2. The van der Waals surface area contributed by atoms with Gasteiger partial charge < -0.3 is 5.32 Å². The largest absolute Gasteiger partial charge is 0.317 e. The monoisotopic (exact) mass is 236 g/mol. The second-order valence-electron chi connectivity index (χ2n) is 6.62. The molecule has 1 aliphatic heterocycles. The summed E-state index contributed by atoms with van der Waals surface area (Å²) in [5, 5.41) is 3.49. The van der Waals surface area contributed by atoms with Crippen LogP contribution in [0.5, 0.6) is 0 Å². The highest BCUT2D eigenvalue weighted by atomic mass is 15.2. The molecule has 2 nitrogen and oxygen atoms in total. The lowest BCUT2D eigenvalue weighted by atomic mass is 9.56. The van der Waals surface area contributed by atoms with Gasteiger partial charge in [-0.1, -0.05) is 19.3 Å². The van der Waals surface area contributed by atoms with Gasteiger partial charge in [-0.25, -0.2) is 0 Å². The van der Waals surface area contributed by atoms with E-state index < -0.39 is 0 Å². The highest BCUT2D eigenvalue weighted by Gasteiger charge is 2.49. The average molecular weight is 236 g/mol. The van der Waals surface area contributed by atoms with E-state index in [0.29, 0.717) is 0 Å². The minimum Gasteiger partial charge on any atom is -0.317 e. The van der Waals surface area contributed by atoms with Crippen LogP contribution in [-0.4, -0.2) is 37.1 Å². The molecule has 0 aromatic heterocycles. The van der Waals surface area contributed by atoms with Crippen LogP contribution in [0.15, 0.2) is 0 Å². The number of nitrogens with one attached hydrogen (secondary N) is 1. The van der Waals surface area contributed by atoms with Gasteiger partial charge in [0.1, 0.15) is 0 Å². The van der Waals surface area contributed by atoms with Crippen LogP contribution in [0.25, 0.3) is 0 Å². The Morgan fingerprint density at radius 2 is 1.65 bits per heavy atom. The molecule has 2 saturated carbocycles. The molecule has 2 heteroatoms. The van der Waals surface area contributed by atoms with Crippen LogP contribution >= 0.6 is 0 Å². The molecule has 1 heterocycles. The first kappa shape index (κ1) is 12.0. The van der Waals surface area contributed by atoms with E-state index >= 15 is 0 Å². The molecular formula is C15H28N2. The van der Waals surface area contributed by atoms with Crippen molar-refractivity contribution in [3.05, 3.63) is 0 Å². The molecule has 0 aromatic carbocycles. The van der Waals surface area contributed by atoms with Crippen LogP contribution in [0.3, 0.4) is 0 Å². The van der Waals surface area contributed by atoms with Crippen LogP contribution in [0.2, 0.25) is 0 Å². The van der Waals surface area contributed by atoms with Crippen LogP contribution < -0.4 is 5.32 Å². The van der Waals surface area contributed by atoms with Gasteiger partial charge in [-0.05, 0) is 64.1 Å². The number of hydrogen-bond acceptors (Lipinski definition) is 2. The summed E-state index contributed by atoms with van der Waals surface area (Å²) in [5.41, 5.74) is 0.748. The van der Waals surface area contributed by atoms with E-state index in [1.165, 1.54) is 70.9 Å². The van der Waals surface area contributed by atoms with Gasteiger partial charge in [0.15, 0.2) is 0 Å². The van der Waals surface area contributed by atoms with Gasteiger partial charge in [-0.2, -0.15) is 0 Å². The van der Waals surface area contributed by atoms with Crippen LogP contribution in [0.4, 0.5) is 0 Å². The number of piperidine rings is 1. The van der Waals surface area contributed by atoms with Crippen molar-refractivity contribution in [3.8, 4) is 0 Å². The summed E-state index contributed by atoms with van der Waals surface area (Å²) in [4.78, 5) is 2.77. The molecule has 17 heavy (non-hydrogen) atoms. The molecule has 3 rings (SSSR count). The van der Waals surface area contributed by atoms with Crippen molar-refractivity contribution in [1.82, 2.24) is 10.2 Å². The lowest BCUT2D eigenvalue weighted by Crippen LogP contribution is -2.58. The molecule has 1 spiro atoms. The minimum absolute atomic E-state index is 0.748. The van der Waals surface area contributed by atoms with Gasteiger partial charge in [-0.15, -0.1) is 0 Å². The Hall–Kier alpha value is -0.0800. The maximum atomic E-state index is 3.49. The molecule has 3 aliphatic rings. The van der Waals surface area contributed by atoms with Gasteiger partial charge >= 0.3 is 0 Å². The Kier molecular flexibility index (Phi) is 3.45. The maximum Gasteiger partial charge on any atom is 0.0152 e. The highest BCUT2D eigenvalue weighted by molar-refractivity contribution is 5.03. The molecular weight excluding hydrogens is 208 g/mol. The van der Waals surface area contributed by atoms with Gasteiger partial charge in [0.2, 0.25) is 0 Å². The topological polar surface area (TPSA) is 15.3 Å². The van der Waals surface area contributed by atoms with Gasteiger partial charge in [0, 0.05) is 12.1 Å². The smallest absolute Gasteiger partial charge is 0.0152 e. The van der Waals surface area contributed by atoms with Crippen molar-refractivity contribution < 1.29 is 0 Å². The van der Waals surface area contributed by atoms with E-state index in [9.17, 15) is 0 Å². The molecule has 0 radical (unpaired) electrons. The maximum absolute atomic E-state index is 3.49. The predicted octanol–water partition coefficient (Wildman–Crippen LogP) is 2.78. The van der Waals surface area contributed by atoms with Crippen molar-refractivity contribution in [2.75, 3.05) is 20.1 Å². The second kappa shape index (κ2) is 4.89. The third kappa shape index (κ3) is 2.15. The van der Waals surface area contributed by atoms with E-state index in [-0.39, 0.29) is 0 Å². The van der Waals surface area contributed by atoms with Crippen LogP contribution in [0, 0.1) is 5.41 Å². The first-order valence-electron chi connectivity index (χ1n) is 7.74. The van der Waals surface area contributed by atoms with Crippen molar-refractivity contribution >= 4 is 0 Å². The first-order valence-corrected chi connectivity index (χ1v) is 7.74. The summed E-state index contributed by atoms with van der Waals surface area (Å²) < 4.78 is 0. The molecule has 0 amide bonds. The molecule has 1 unspecified atom stereocenters. The quantitative estimate of drug-likeness (QED) is 0.793. The van der Waals surface area contributed by atoms with Gasteiger partial charge in [-0.3, -0.25) is 4.90 Å². The van der Waals surface area contributed by atoms with Crippen molar-refractivity contribution in [1.29, 1.82) is 0 Å². The van der Waals surface area contributed by atoms with Crippen molar-refractivity contribution in [2.24, 2.45) is 5.41 Å². The zero-order valence-electron chi connectivity index (χ0n) is 11.4. The number of hydrogen-bond donors (Lipinski definition) is 1. The van der Waals surface area contributed by atoms with E-state index in [1.807, 2.05) is 0 Å². The van der Waals surface area contributed by atoms with E-state index in [0.717, 1.165) is 17.5 Å². The normalized spacial score (nSPS) is 33.9. The van der Waals surface area contributed by atoms with E-state index in [1.54, 1.807) is 0 Å². The third-order valence-corrected chi connectivity index (χ3v) is 5.85. The zero-order chi connectivity index (χ0) is 11.7. The fourth-order valence-corrected chi connectivity index (χ4v) is 4.62. The fraction of sp³-hybridized carbons (Fsp3) is 1.00. The zero-order valence-corrected chi connectivity index (χ0v) is 11.4. The standard InChI is InChI=1S/C15H28N2/c1-17(13-6-11-16-12-7-13)14-5-10-15(14)8-3-2-4-9-15/h13-14,16H,2-12H2,1H3. The Bertz CT molecular complexity index is 252. The van der Waals surface area contributed by atoms with Gasteiger partial charge in [0.25, 0.3) is 0 Å². The highest BCUT2D eigenvalue weighted by Crippen LogP contribution is 2.54. The van der Waals surface area contributed by atoms with E-state index in [2.05, 4.69) is 17.3 Å². The van der Waals surface area contributed by atoms with Gasteiger partial charge in [0.05, 0.1) is 0 Å². The summed E-state index contributed by atoms with van der Waals surface area (Å²) in [6, 6.07) is 1.78. The minimum atomic E-state index is 0.748. The fourth-order valence-electron chi connectivity index (χ4n) is 4.62. The molecule has 1 atom stereocenters. The van der Waals surface area contributed by atoms with E-state index in [4.69, 9.17) is 0 Å². The molecule has 3 fully saturated rings. The van der Waals surface area contributed by atoms with Crippen LogP contribution in [0.1, 0.15) is 57.8 Å². The second-order valence-corrected chi connectivity index (χ2v) is 6.62. The average Bonchev–Trinajstić information content (AvgIpc) is 2.39. The summed E-state index contributed by atoms with van der Waals surface area (Å²) in [5.74, 6) is 0. The van der Waals surface area contributed by atoms with Crippen LogP contribution in [-0.2, 0) is 0 Å². The van der Waals surface area contributed by atoms with Crippen molar-refractivity contribution in [3.63, 3.8) is 0 Å². The Morgan fingerprint density at radius 3 is 2.24 bits per heavy atom. The third-order valence-electron chi connectivity index (χ3n) is 5.85. The molecule has 0 aromatic rings. The predicted molar refractivity (Wildman–Crippen MR) is 72.2 cm³/mol. The van der Waals surface area contributed by atoms with Crippen molar-refractivity contribution in [2.45, 2.75) is 69.9 Å². The Labute approximate surface area is 106 Å². The molecule has 98 valence electrons. The number of nitrogens with zero attached hydrogens (tertiary/aromatic N) is 1.